The zero-order chi connectivity index (χ0) is 10.5. The van der Waals surface area contributed by atoms with E-state index in [1.165, 1.54) is 0 Å². The second-order valence-corrected chi connectivity index (χ2v) is 3.40. The molecular formula is C13H15NO. The lowest BCUT2D eigenvalue weighted by atomic mass is 10.2. The van der Waals surface area contributed by atoms with E-state index >= 15 is 0 Å². The summed E-state index contributed by atoms with van der Waals surface area (Å²) >= 11 is 0. The van der Waals surface area contributed by atoms with Crippen LogP contribution in [0.15, 0.2) is 40.8 Å². The maximum absolute atomic E-state index is 5.63. The average Bonchev–Trinajstić information content (AvgIpc) is 2.67. The molecule has 2 aromatic rings. The minimum absolute atomic E-state index is 0.882. The molecular weight excluding hydrogens is 186 g/mol. The van der Waals surface area contributed by atoms with Gasteiger partial charge in [-0.05, 0) is 24.8 Å². The van der Waals surface area contributed by atoms with Gasteiger partial charge in [-0.15, -0.1) is 0 Å². The van der Waals surface area contributed by atoms with Crippen LogP contribution in [0.1, 0.15) is 12.7 Å². The van der Waals surface area contributed by atoms with Crippen LogP contribution in [0.3, 0.4) is 0 Å². The fourth-order valence-corrected chi connectivity index (χ4v) is 1.49. The van der Waals surface area contributed by atoms with Gasteiger partial charge in [0.05, 0.1) is 0 Å². The highest BCUT2D eigenvalue weighted by molar-refractivity contribution is 5.79. The molecule has 0 atom stereocenters. The molecule has 78 valence electrons. The highest BCUT2D eigenvalue weighted by Gasteiger charge is 1.98. The van der Waals surface area contributed by atoms with Crippen LogP contribution in [0.4, 0.5) is 0 Å². The number of nitrogens with one attached hydrogen (secondary N) is 1. The van der Waals surface area contributed by atoms with E-state index < -0.39 is 0 Å². The minimum Gasteiger partial charge on any atom is -0.457 e. The van der Waals surface area contributed by atoms with Gasteiger partial charge in [-0.3, -0.25) is 0 Å². The molecule has 1 aromatic heterocycles. The molecule has 15 heavy (non-hydrogen) atoms. The van der Waals surface area contributed by atoms with E-state index in [0.717, 1.165) is 29.8 Å². The number of fused-ring (bicyclic) bond motifs is 1. The fourth-order valence-electron chi connectivity index (χ4n) is 1.49. The fraction of sp³-hybridized carbons (Fsp3) is 0.231. The topological polar surface area (TPSA) is 25.2 Å². The Kier molecular flexibility index (Phi) is 3.20. The normalized spacial score (nSPS) is 11.5. The molecule has 0 radical (unpaired) electrons. The molecule has 1 N–H and O–H groups in total. The summed E-state index contributed by atoms with van der Waals surface area (Å²) in [5.74, 6) is 0.911. The Morgan fingerprint density at radius 3 is 3.00 bits per heavy atom. The van der Waals surface area contributed by atoms with Crippen LogP contribution in [-0.4, -0.2) is 13.1 Å². The third kappa shape index (κ3) is 2.48. The largest absolute Gasteiger partial charge is 0.457 e. The van der Waals surface area contributed by atoms with Crippen molar-refractivity contribution in [3.05, 3.63) is 42.2 Å². The standard InChI is InChI=1S/C13H15NO/c1-2-14-9-5-7-12-10-11-6-3-4-8-13(11)15-12/h3-8,10,14H,2,9H2,1H3. The van der Waals surface area contributed by atoms with Crippen molar-refractivity contribution in [3.63, 3.8) is 0 Å². The lowest BCUT2D eigenvalue weighted by molar-refractivity contribution is 0.604. The van der Waals surface area contributed by atoms with Crippen molar-refractivity contribution in [2.75, 3.05) is 13.1 Å². The molecule has 2 nitrogen and oxygen atoms in total. The average molecular weight is 201 g/mol. The van der Waals surface area contributed by atoms with Crippen molar-refractivity contribution in [2.24, 2.45) is 0 Å². The summed E-state index contributed by atoms with van der Waals surface area (Å²) in [5, 5.41) is 4.38. The van der Waals surface area contributed by atoms with E-state index in [-0.39, 0.29) is 0 Å². The van der Waals surface area contributed by atoms with Crippen LogP contribution in [0, 0.1) is 0 Å². The van der Waals surface area contributed by atoms with Crippen molar-refractivity contribution in [1.82, 2.24) is 5.32 Å². The van der Waals surface area contributed by atoms with Gasteiger partial charge >= 0.3 is 0 Å². The molecule has 0 bridgehead atoms. The lowest BCUT2D eigenvalue weighted by Crippen LogP contribution is -2.11. The molecule has 2 heteroatoms. The van der Waals surface area contributed by atoms with Crippen molar-refractivity contribution < 1.29 is 4.42 Å². The summed E-state index contributed by atoms with van der Waals surface area (Å²) in [6.45, 7) is 3.97. The maximum Gasteiger partial charge on any atom is 0.134 e. The van der Waals surface area contributed by atoms with E-state index in [9.17, 15) is 0 Å². The van der Waals surface area contributed by atoms with Gasteiger partial charge in [-0.1, -0.05) is 31.2 Å². The number of hydrogen-bond acceptors (Lipinski definition) is 2. The van der Waals surface area contributed by atoms with Crippen LogP contribution in [0.2, 0.25) is 0 Å². The van der Waals surface area contributed by atoms with Gasteiger partial charge in [0, 0.05) is 11.9 Å². The highest BCUT2D eigenvalue weighted by atomic mass is 16.3. The molecule has 0 amide bonds. The first-order chi connectivity index (χ1) is 7.40. The number of furan rings is 1. The summed E-state index contributed by atoms with van der Waals surface area (Å²) in [7, 11) is 0. The molecule has 0 aliphatic rings. The van der Waals surface area contributed by atoms with Gasteiger partial charge in [0.15, 0.2) is 0 Å². The lowest BCUT2D eigenvalue weighted by Gasteiger charge is -1.91. The Hall–Kier alpha value is -1.54. The van der Waals surface area contributed by atoms with Crippen LogP contribution in [0.25, 0.3) is 17.0 Å². The van der Waals surface area contributed by atoms with Gasteiger partial charge in [0.1, 0.15) is 11.3 Å². The highest BCUT2D eigenvalue weighted by Crippen LogP contribution is 2.19. The van der Waals surface area contributed by atoms with E-state index in [1.54, 1.807) is 0 Å². The Balaban J connectivity index is 2.12. The Labute approximate surface area is 89.6 Å². The molecule has 0 unspecified atom stereocenters. The smallest absolute Gasteiger partial charge is 0.134 e. The van der Waals surface area contributed by atoms with Gasteiger partial charge in [-0.2, -0.15) is 0 Å². The zero-order valence-electron chi connectivity index (χ0n) is 8.86. The predicted molar refractivity (Wildman–Crippen MR) is 63.8 cm³/mol. The third-order valence-electron chi connectivity index (χ3n) is 2.24. The van der Waals surface area contributed by atoms with Crippen LogP contribution < -0.4 is 5.32 Å². The molecule has 1 heterocycles. The maximum atomic E-state index is 5.63. The van der Waals surface area contributed by atoms with Crippen LogP contribution in [-0.2, 0) is 0 Å². The number of para-hydroxylation sites is 1. The molecule has 0 spiro atoms. The zero-order valence-corrected chi connectivity index (χ0v) is 8.86. The number of rotatable bonds is 4. The summed E-state index contributed by atoms with van der Waals surface area (Å²) in [5.41, 5.74) is 0.945. The molecule has 0 aliphatic heterocycles. The SMILES string of the molecule is CCNCC=Cc1cc2ccccc2o1. The van der Waals surface area contributed by atoms with E-state index in [1.807, 2.05) is 24.3 Å². The number of hydrogen-bond donors (Lipinski definition) is 1. The van der Waals surface area contributed by atoms with E-state index in [2.05, 4.69) is 30.4 Å². The van der Waals surface area contributed by atoms with E-state index in [0.29, 0.717) is 0 Å². The van der Waals surface area contributed by atoms with Crippen molar-refractivity contribution in [2.45, 2.75) is 6.92 Å². The monoisotopic (exact) mass is 201 g/mol. The molecule has 0 saturated heterocycles. The second kappa shape index (κ2) is 4.80. The Bertz CT molecular complexity index is 423. The first-order valence-corrected chi connectivity index (χ1v) is 5.26. The van der Waals surface area contributed by atoms with Crippen molar-refractivity contribution in [1.29, 1.82) is 0 Å². The molecule has 0 saturated carbocycles. The number of benzene rings is 1. The van der Waals surface area contributed by atoms with Crippen molar-refractivity contribution in [3.8, 4) is 0 Å². The van der Waals surface area contributed by atoms with Gasteiger partial charge in [0.25, 0.3) is 0 Å². The quantitative estimate of drug-likeness (QED) is 0.769. The van der Waals surface area contributed by atoms with E-state index in [4.69, 9.17) is 4.42 Å². The van der Waals surface area contributed by atoms with Crippen LogP contribution >= 0.6 is 0 Å². The van der Waals surface area contributed by atoms with Gasteiger partial charge in [0.2, 0.25) is 0 Å². The minimum atomic E-state index is 0.882. The van der Waals surface area contributed by atoms with Crippen molar-refractivity contribution >= 4 is 17.0 Å². The molecule has 0 aliphatic carbocycles. The van der Waals surface area contributed by atoms with Gasteiger partial charge in [-0.25, -0.2) is 0 Å². The third-order valence-corrected chi connectivity index (χ3v) is 2.24. The molecule has 0 fully saturated rings. The first kappa shape index (κ1) is 9.99. The summed E-state index contributed by atoms with van der Waals surface area (Å²) in [6, 6.07) is 10.1. The Morgan fingerprint density at radius 2 is 2.20 bits per heavy atom. The molecule has 1 aromatic carbocycles. The second-order valence-electron chi connectivity index (χ2n) is 3.40. The van der Waals surface area contributed by atoms with Gasteiger partial charge < -0.3 is 9.73 Å². The predicted octanol–water partition coefficient (Wildman–Crippen LogP) is 3.06. The summed E-state index contributed by atoms with van der Waals surface area (Å²) in [4.78, 5) is 0. The van der Waals surface area contributed by atoms with Crippen LogP contribution in [0.5, 0.6) is 0 Å². The Morgan fingerprint density at radius 1 is 1.33 bits per heavy atom. The first-order valence-electron chi connectivity index (χ1n) is 5.26. The summed E-state index contributed by atoms with van der Waals surface area (Å²) < 4.78 is 5.63. The molecule has 2 rings (SSSR count). The summed E-state index contributed by atoms with van der Waals surface area (Å²) in [6.07, 6.45) is 4.07. The number of likely N-dealkylation sites (N-methyl/N-ethyl adjacent to an activating group) is 1.